The maximum atomic E-state index is 11.0. The summed E-state index contributed by atoms with van der Waals surface area (Å²) in [5.74, 6) is -0.311. The van der Waals surface area contributed by atoms with Crippen LogP contribution in [0.5, 0.6) is 0 Å². The number of rotatable bonds is 9. The van der Waals surface area contributed by atoms with Gasteiger partial charge in [-0.05, 0) is 25.9 Å². The molecule has 5 heteroatoms. The van der Waals surface area contributed by atoms with Crippen LogP contribution in [-0.2, 0) is 18.7 Å². The molecule has 16 heavy (non-hydrogen) atoms. The van der Waals surface area contributed by atoms with Crippen LogP contribution >= 0.6 is 0 Å². The average Bonchev–Trinajstić information content (AvgIpc) is 2.24. The summed E-state index contributed by atoms with van der Waals surface area (Å²) < 4.78 is 15.5. The Kier molecular flexibility index (Phi) is 9.17. The predicted octanol–water partition coefficient (Wildman–Crippen LogP) is 1.51. The number of esters is 1. The summed E-state index contributed by atoms with van der Waals surface area (Å²) in [7, 11) is 0.544. The van der Waals surface area contributed by atoms with E-state index in [2.05, 4.69) is 13.1 Å². The zero-order valence-electron chi connectivity index (χ0n) is 10.5. The quantitative estimate of drug-likeness (QED) is 0.268. The van der Waals surface area contributed by atoms with Gasteiger partial charge in [0.25, 0.3) is 0 Å². The maximum Gasteiger partial charge on any atom is 0.333 e. The lowest BCUT2D eigenvalue weighted by Crippen LogP contribution is -2.17. The van der Waals surface area contributed by atoms with Crippen LogP contribution in [0.25, 0.3) is 0 Å². The Balaban J connectivity index is 3.37. The van der Waals surface area contributed by atoms with E-state index >= 15 is 0 Å². The number of methoxy groups -OCH3 is 1. The topological polar surface area (TPSA) is 44.8 Å². The highest BCUT2D eigenvalue weighted by molar-refractivity contribution is 6.50. The van der Waals surface area contributed by atoms with Gasteiger partial charge in [0.2, 0.25) is 0 Å². The molecule has 0 amide bonds. The molecular formula is C11H22O4Si. The number of ether oxygens (including phenoxy) is 2. The van der Waals surface area contributed by atoms with Crippen LogP contribution in [-0.4, -0.2) is 41.9 Å². The summed E-state index contributed by atoms with van der Waals surface area (Å²) in [4.78, 5) is 11.0. The molecule has 0 aliphatic heterocycles. The first-order valence-electron chi connectivity index (χ1n) is 5.51. The van der Waals surface area contributed by atoms with Crippen molar-refractivity contribution >= 4 is 15.0 Å². The normalized spacial score (nSPS) is 12.2. The van der Waals surface area contributed by atoms with Crippen molar-refractivity contribution in [2.75, 3.05) is 26.9 Å². The molecular weight excluding hydrogens is 224 g/mol. The van der Waals surface area contributed by atoms with Crippen molar-refractivity contribution in [3.63, 3.8) is 0 Å². The first kappa shape index (κ1) is 15.3. The first-order chi connectivity index (χ1) is 7.57. The van der Waals surface area contributed by atoms with Crippen molar-refractivity contribution in [2.45, 2.75) is 25.9 Å². The fourth-order valence-corrected chi connectivity index (χ4v) is 2.48. The van der Waals surface area contributed by atoms with Crippen molar-refractivity contribution in [2.24, 2.45) is 0 Å². The lowest BCUT2D eigenvalue weighted by molar-refractivity contribution is -0.138. The molecule has 0 aliphatic rings. The molecule has 0 fully saturated rings. The Morgan fingerprint density at radius 1 is 1.31 bits per heavy atom. The third-order valence-electron chi connectivity index (χ3n) is 2.03. The Labute approximate surface area is 99.3 Å². The molecule has 0 rings (SSSR count). The van der Waals surface area contributed by atoms with E-state index in [0.29, 0.717) is 25.4 Å². The minimum Gasteiger partial charge on any atom is -0.462 e. The Morgan fingerprint density at radius 2 is 2.00 bits per heavy atom. The van der Waals surface area contributed by atoms with Crippen molar-refractivity contribution in [1.82, 2.24) is 0 Å². The lowest BCUT2D eigenvalue weighted by Gasteiger charge is -2.11. The van der Waals surface area contributed by atoms with E-state index in [0.717, 1.165) is 12.5 Å². The van der Waals surface area contributed by atoms with Crippen molar-refractivity contribution < 1.29 is 18.7 Å². The van der Waals surface area contributed by atoms with Gasteiger partial charge in [0.15, 0.2) is 9.04 Å². The molecule has 0 saturated carbocycles. The van der Waals surface area contributed by atoms with E-state index in [9.17, 15) is 4.79 Å². The second-order valence-electron chi connectivity index (χ2n) is 3.73. The van der Waals surface area contributed by atoms with Gasteiger partial charge in [-0.1, -0.05) is 6.58 Å². The van der Waals surface area contributed by atoms with Gasteiger partial charge in [0.05, 0.1) is 19.8 Å². The summed E-state index contributed by atoms with van der Waals surface area (Å²) in [5.41, 5.74) is 0.446. The third-order valence-corrected chi connectivity index (χ3v) is 4.05. The Bertz CT molecular complexity index is 218. The Morgan fingerprint density at radius 3 is 2.56 bits per heavy atom. The largest absolute Gasteiger partial charge is 0.462 e. The van der Waals surface area contributed by atoms with Crippen LogP contribution in [0.3, 0.4) is 0 Å². The summed E-state index contributed by atoms with van der Waals surface area (Å²) in [6.45, 7) is 9.05. The molecule has 0 heterocycles. The number of hydrogen-bond acceptors (Lipinski definition) is 4. The second kappa shape index (κ2) is 9.56. The minimum absolute atomic E-state index is 0.311. The molecule has 0 aliphatic carbocycles. The van der Waals surface area contributed by atoms with Crippen molar-refractivity contribution in [3.8, 4) is 0 Å². The van der Waals surface area contributed by atoms with Gasteiger partial charge in [-0.3, -0.25) is 0 Å². The van der Waals surface area contributed by atoms with Crippen molar-refractivity contribution in [1.29, 1.82) is 0 Å². The van der Waals surface area contributed by atoms with E-state index in [4.69, 9.17) is 13.9 Å². The molecule has 0 aromatic rings. The fourth-order valence-electron chi connectivity index (χ4n) is 1.07. The molecule has 0 aromatic heterocycles. The standard InChI is InChI=1S/C11H22O4Si/c1-10(2)11(12)14-6-5-9-16(4)15-8-7-13-3/h16H,1,5-9H2,2-4H3. The molecule has 1 unspecified atom stereocenters. The van der Waals surface area contributed by atoms with Gasteiger partial charge in [0, 0.05) is 12.7 Å². The number of carbonyl (C=O) groups excluding carboxylic acids is 1. The second-order valence-corrected chi connectivity index (χ2v) is 6.26. The lowest BCUT2D eigenvalue weighted by atomic mass is 10.4. The van der Waals surface area contributed by atoms with Crippen LogP contribution in [0.1, 0.15) is 13.3 Å². The smallest absolute Gasteiger partial charge is 0.333 e. The molecule has 0 saturated heterocycles. The van der Waals surface area contributed by atoms with E-state index < -0.39 is 9.04 Å². The molecule has 0 bridgehead atoms. The van der Waals surface area contributed by atoms with Gasteiger partial charge in [-0.2, -0.15) is 0 Å². The minimum atomic E-state index is -1.12. The van der Waals surface area contributed by atoms with E-state index in [1.54, 1.807) is 14.0 Å². The summed E-state index contributed by atoms with van der Waals surface area (Å²) in [6.07, 6.45) is 0.861. The van der Waals surface area contributed by atoms with E-state index in [-0.39, 0.29) is 5.97 Å². The van der Waals surface area contributed by atoms with Gasteiger partial charge in [0.1, 0.15) is 0 Å². The molecule has 0 N–H and O–H groups in total. The SMILES string of the molecule is C=C(C)C(=O)OCCC[SiH](C)OCCOC. The summed E-state index contributed by atoms with van der Waals surface area (Å²) in [5, 5.41) is 0. The molecule has 94 valence electrons. The number of hydrogen-bond donors (Lipinski definition) is 0. The zero-order valence-corrected chi connectivity index (χ0v) is 11.6. The zero-order chi connectivity index (χ0) is 12.4. The summed E-state index contributed by atoms with van der Waals surface area (Å²) >= 11 is 0. The van der Waals surface area contributed by atoms with E-state index in [1.807, 2.05) is 0 Å². The van der Waals surface area contributed by atoms with E-state index in [1.165, 1.54) is 0 Å². The molecule has 0 radical (unpaired) electrons. The van der Waals surface area contributed by atoms with Gasteiger partial charge in [-0.25, -0.2) is 4.79 Å². The predicted molar refractivity (Wildman–Crippen MR) is 66.0 cm³/mol. The van der Waals surface area contributed by atoms with Gasteiger partial charge >= 0.3 is 5.97 Å². The van der Waals surface area contributed by atoms with Crippen LogP contribution in [0.4, 0.5) is 0 Å². The molecule has 4 nitrogen and oxygen atoms in total. The van der Waals surface area contributed by atoms with Crippen LogP contribution < -0.4 is 0 Å². The average molecular weight is 246 g/mol. The molecule has 0 aromatic carbocycles. The Hall–Kier alpha value is -0.653. The molecule has 1 atom stereocenters. The maximum absolute atomic E-state index is 11.0. The van der Waals surface area contributed by atoms with Crippen LogP contribution in [0.2, 0.25) is 12.6 Å². The van der Waals surface area contributed by atoms with Crippen LogP contribution in [0, 0.1) is 0 Å². The fraction of sp³-hybridized carbons (Fsp3) is 0.727. The van der Waals surface area contributed by atoms with Crippen molar-refractivity contribution in [3.05, 3.63) is 12.2 Å². The highest BCUT2D eigenvalue weighted by Crippen LogP contribution is 2.01. The first-order valence-corrected chi connectivity index (χ1v) is 7.95. The number of carbonyl (C=O) groups is 1. The highest BCUT2D eigenvalue weighted by Gasteiger charge is 2.06. The summed E-state index contributed by atoms with van der Waals surface area (Å²) in [6, 6.07) is 1.01. The molecule has 0 spiro atoms. The highest BCUT2D eigenvalue weighted by atomic mass is 28.3. The third kappa shape index (κ3) is 8.64. The van der Waals surface area contributed by atoms with Gasteiger partial charge < -0.3 is 13.9 Å². The van der Waals surface area contributed by atoms with Crippen LogP contribution in [0.15, 0.2) is 12.2 Å². The van der Waals surface area contributed by atoms with Gasteiger partial charge in [-0.15, -0.1) is 0 Å². The monoisotopic (exact) mass is 246 g/mol.